The molecule has 1 aliphatic heterocycles. The van der Waals surface area contributed by atoms with Gasteiger partial charge in [0.05, 0.1) is 7.11 Å². The molecule has 0 radical (unpaired) electrons. The molecule has 1 aliphatic rings. The predicted octanol–water partition coefficient (Wildman–Crippen LogP) is 3.75. The number of methoxy groups -OCH3 is 1. The Balaban J connectivity index is 2.05. The van der Waals surface area contributed by atoms with Crippen molar-refractivity contribution in [2.45, 2.75) is 25.7 Å². The molecule has 5 nitrogen and oxygen atoms in total. The average Bonchev–Trinajstić information content (AvgIpc) is 2.97. The number of benzene rings is 1. The summed E-state index contributed by atoms with van der Waals surface area (Å²) < 4.78 is 45.7. The third-order valence-corrected chi connectivity index (χ3v) is 4.22. The fourth-order valence-electron chi connectivity index (χ4n) is 2.90. The Morgan fingerprint density at radius 3 is 2.56 bits per heavy atom. The van der Waals surface area contributed by atoms with Crippen LogP contribution in [-0.2, 0) is 24.0 Å². The van der Waals surface area contributed by atoms with E-state index < -0.39 is 23.4 Å². The van der Waals surface area contributed by atoms with Gasteiger partial charge in [0.1, 0.15) is 11.4 Å². The number of aryl methyl sites for hydroxylation is 1. The number of nitrogens with zero attached hydrogens (tertiary/aromatic N) is 3. The zero-order chi connectivity index (χ0) is 18.2. The molecule has 0 atom stereocenters. The number of hydrogen-bond donors (Lipinski definition) is 0. The van der Waals surface area contributed by atoms with Crippen LogP contribution >= 0.6 is 11.6 Å². The third-order valence-electron chi connectivity index (χ3n) is 3.97. The van der Waals surface area contributed by atoms with Gasteiger partial charge in [-0.1, -0.05) is 23.7 Å². The number of ether oxygens (including phenoxy) is 1. The number of alkyl halides is 3. The summed E-state index contributed by atoms with van der Waals surface area (Å²) in [6, 6.07) is 7.00. The van der Waals surface area contributed by atoms with Crippen LogP contribution in [0.3, 0.4) is 0 Å². The van der Waals surface area contributed by atoms with Gasteiger partial charge in [0.15, 0.2) is 5.69 Å². The summed E-state index contributed by atoms with van der Waals surface area (Å²) in [4.78, 5) is 13.7. The molecule has 0 fully saturated rings. The Bertz CT molecular complexity index is 787. The van der Waals surface area contributed by atoms with Crippen molar-refractivity contribution in [3.05, 3.63) is 46.1 Å². The Morgan fingerprint density at radius 1 is 1.28 bits per heavy atom. The van der Waals surface area contributed by atoms with Gasteiger partial charge in [-0.15, -0.1) is 0 Å². The van der Waals surface area contributed by atoms with Gasteiger partial charge in [0.2, 0.25) is 0 Å². The molecule has 0 unspecified atom stereocenters. The predicted molar refractivity (Wildman–Crippen MR) is 85.7 cm³/mol. The minimum atomic E-state index is -4.74. The second-order valence-corrected chi connectivity index (χ2v) is 6.10. The van der Waals surface area contributed by atoms with E-state index in [0.717, 1.165) is 12.7 Å². The number of aromatic nitrogens is 2. The number of hydrogen-bond acceptors (Lipinski definition) is 4. The first-order chi connectivity index (χ1) is 11.8. The number of halogens is 4. The molecule has 0 amide bonds. The van der Waals surface area contributed by atoms with Crippen molar-refractivity contribution in [3.8, 4) is 0 Å². The van der Waals surface area contributed by atoms with Crippen LogP contribution in [0.4, 0.5) is 19.0 Å². The fraction of sp³-hybridized carbons (Fsp3) is 0.375. The van der Waals surface area contributed by atoms with Crippen LogP contribution in [0.1, 0.15) is 28.0 Å². The molecule has 3 rings (SSSR count). The Labute approximate surface area is 146 Å². The van der Waals surface area contributed by atoms with Gasteiger partial charge >= 0.3 is 12.1 Å². The van der Waals surface area contributed by atoms with Gasteiger partial charge in [-0.25, -0.2) is 9.48 Å². The summed E-state index contributed by atoms with van der Waals surface area (Å²) in [7, 11) is 1.05. The monoisotopic (exact) mass is 373 g/mol. The molecule has 0 N–H and O–H groups in total. The lowest BCUT2D eigenvalue weighted by atomic mass is 10.1. The van der Waals surface area contributed by atoms with Crippen molar-refractivity contribution >= 4 is 23.4 Å². The summed E-state index contributed by atoms with van der Waals surface area (Å²) in [6.07, 6.45) is -4.11. The lowest BCUT2D eigenvalue weighted by molar-refractivity contribution is -0.142. The highest BCUT2D eigenvalue weighted by molar-refractivity contribution is 6.30. The van der Waals surface area contributed by atoms with Crippen molar-refractivity contribution in [1.82, 2.24) is 9.78 Å². The van der Waals surface area contributed by atoms with Gasteiger partial charge in [-0.05, 0) is 24.1 Å². The van der Waals surface area contributed by atoms with E-state index in [1.165, 1.54) is 4.68 Å². The molecule has 1 aromatic heterocycles. The number of anilines is 1. The number of carbonyl (C=O) groups is 1. The van der Waals surface area contributed by atoms with Crippen LogP contribution in [0.25, 0.3) is 0 Å². The minimum absolute atomic E-state index is 0.139. The highest BCUT2D eigenvalue weighted by atomic mass is 35.5. The number of fused-ring (bicyclic) bond motifs is 1. The van der Waals surface area contributed by atoms with Crippen molar-refractivity contribution in [1.29, 1.82) is 0 Å². The molecule has 0 saturated heterocycles. The van der Waals surface area contributed by atoms with Crippen LogP contribution in [0.2, 0.25) is 5.02 Å². The lowest BCUT2D eigenvalue weighted by Crippen LogP contribution is -2.33. The summed E-state index contributed by atoms with van der Waals surface area (Å²) in [5.74, 6) is -0.906. The molecule has 0 spiro atoms. The molecule has 0 bridgehead atoms. The highest BCUT2D eigenvalue weighted by Crippen LogP contribution is 2.38. The van der Waals surface area contributed by atoms with Crippen LogP contribution in [0.5, 0.6) is 0 Å². The van der Waals surface area contributed by atoms with E-state index >= 15 is 0 Å². The molecular formula is C16H15ClF3N3O2. The van der Waals surface area contributed by atoms with E-state index in [9.17, 15) is 18.0 Å². The molecule has 2 aromatic rings. The molecule has 0 aliphatic carbocycles. The smallest absolute Gasteiger partial charge is 0.436 e. The summed E-state index contributed by atoms with van der Waals surface area (Å²) >= 11 is 5.86. The second-order valence-electron chi connectivity index (χ2n) is 5.66. The van der Waals surface area contributed by atoms with Gasteiger partial charge in [0.25, 0.3) is 0 Å². The number of rotatable bonds is 3. The van der Waals surface area contributed by atoms with Gasteiger partial charge < -0.3 is 9.64 Å². The van der Waals surface area contributed by atoms with Crippen molar-refractivity contribution in [2.75, 3.05) is 18.6 Å². The first kappa shape index (κ1) is 17.6. The fourth-order valence-corrected chi connectivity index (χ4v) is 3.03. The number of carbonyl (C=O) groups excluding carboxylic acids is 1. The SMILES string of the molecule is COC(=O)c1c(C(F)(F)F)nn2c1N(Cc1ccc(Cl)cc1)CCC2. The summed E-state index contributed by atoms with van der Waals surface area (Å²) in [6.45, 7) is 1.16. The summed E-state index contributed by atoms with van der Waals surface area (Å²) in [5.41, 5.74) is -0.885. The van der Waals surface area contributed by atoms with Crippen molar-refractivity contribution < 1.29 is 22.7 Å². The second kappa shape index (κ2) is 6.59. The molecule has 2 heterocycles. The standard InChI is InChI=1S/C16H15ClF3N3O2/c1-25-15(24)12-13(16(18,19)20)21-23-8-2-7-22(14(12)23)9-10-3-5-11(17)6-4-10/h3-6H,2,7-9H2,1H3. The van der Waals surface area contributed by atoms with Crippen LogP contribution in [0, 0.1) is 0 Å². The van der Waals surface area contributed by atoms with Crippen LogP contribution in [0.15, 0.2) is 24.3 Å². The van der Waals surface area contributed by atoms with Crippen molar-refractivity contribution in [3.63, 3.8) is 0 Å². The zero-order valence-electron chi connectivity index (χ0n) is 13.3. The van der Waals surface area contributed by atoms with E-state index in [1.807, 2.05) is 0 Å². The topological polar surface area (TPSA) is 47.4 Å². The molecule has 134 valence electrons. The molecule has 0 saturated carbocycles. The highest BCUT2D eigenvalue weighted by Gasteiger charge is 2.43. The maximum atomic E-state index is 13.3. The van der Waals surface area contributed by atoms with Gasteiger partial charge in [-0.3, -0.25) is 0 Å². The normalized spacial score (nSPS) is 14.4. The van der Waals surface area contributed by atoms with Crippen LogP contribution in [-0.4, -0.2) is 29.4 Å². The van der Waals surface area contributed by atoms with E-state index in [0.29, 0.717) is 31.1 Å². The maximum absolute atomic E-state index is 13.3. The zero-order valence-corrected chi connectivity index (χ0v) is 14.1. The Morgan fingerprint density at radius 2 is 1.96 bits per heavy atom. The number of esters is 1. The first-order valence-electron chi connectivity index (χ1n) is 7.57. The van der Waals surface area contributed by atoms with Gasteiger partial charge in [-0.2, -0.15) is 18.3 Å². The lowest BCUT2D eigenvalue weighted by Gasteiger charge is -2.30. The average molecular weight is 374 g/mol. The van der Waals surface area contributed by atoms with E-state index in [1.54, 1.807) is 29.2 Å². The van der Waals surface area contributed by atoms with Gasteiger partial charge in [0, 0.05) is 24.7 Å². The van der Waals surface area contributed by atoms with Crippen molar-refractivity contribution in [2.24, 2.45) is 0 Å². The molecule has 1 aromatic carbocycles. The Hall–Kier alpha value is -2.22. The maximum Gasteiger partial charge on any atom is 0.436 e. The molecule has 25 heavy (non-hydrogen) atoms. The minimum Gasteiger partial charge on any atom is -0.465 e. The quantitative estimate of drug-likeness (QED) is 0.769. The summed E-state index contributed by atoms with van der Waals surface area (Å²) in [5, 5.41) is 4.20. The largest absolute Gasteiger partial charge is 0.465 e. The van der Waals surface area contributed by atoms with E-state index in [2.05, 4.69) is 9.84 Å². The first-order valence-corrected chi connectivity index (χ1v) is 7.94. The van der Waals surface area contributed by atoms with E-state index in [4.69, 9.17) is 11.6 Å². The molecular weight excluding hydrogens is 359 g/mol. The van der Waals surface area contributed by atoms with Crippen LogP contribution < -0.4 is 4.90 Å². The molecule has 9 heteroatoms. The van der Waals surface area contributed by atoms with E-state index in [-0.39, 0.29) is 5.82 Å². The Kier molecular flexibility index (Phi) is 4.64. The third kappa shape index (κ3) is 3.44.